The molecule has 2 aliphatic rings. The fourth-order valence-corrected chi connectivity index (χ4v) is 5.47. The number of ether oxygens (including phenoxy) is 7. The lowest BCUT2D eigenvalue weighted by atomic mass is 9.79. The Balaban J connectivity index is 1.56. The maximum absolute atomic E-state index is 12.6. The van der Waals surface area contributed by atoms with Crippen molar-refractivity contribution in [3.63, 3.8) is 0 Å². The Bertz CT molecular complexity index is 1230. The molecule has 0 aromatic heterocycles. The summed E-state index contributed by atoms with van der Waals surface area (Å²) in [6, 6.07) is 29.1. The zero-order valence-corrected chi connectivity index (χ0v) is 23.2. The predicted octanol–water partition coefficient (Wildman–Crippen LogP) is 3.42. The number of benzene rings is 3. The molecule has 0 amide bonds. The second-order valence-electron chi connectivity index (χ2n) is 10.1. The van der Waals surface area contributed by atoms with Crippen LogP contribution in [-0.2, 0) is 57.8 Å². The first-order valence-corrected chi connectivity index (χ1v) is 13.6. The van der Waals surface area contributed by atoms with Crippen LogP contribution in [0.5, 0.6) is 0 Å². The van der Waals surface area contributed by atoms with Gasteiger partial charge in [-0.1, -0.05) is 91.0 Å². The Kier molecular flexibility index (Phi) is 9.79. The van der Waals surface area contributed by atoms with Crippen molar-refractivity contribution in [3.05, 3.63) is 108 Å². The number of hydrogen-bond acceptors (Lipinski definition) is 9. The summed E-state index contributed by atoms with van der Waals surface area (Å²) in [5.74, 6) is -0.865. The van der Waals surface area contributed by atoms with E-state index in [-0.39, 0.29) is 26.4 Å². The summed E-state index contributed by atoms with van der Waals surface area (Å²) >= 11 is 0. The molecule has 3 aromatic carbocycles. The van der Waals surface area contributed by atoms with Gasteiger partial charge in [-0.25, -0.2) is 4.79 Å². The number of esters is 1. The van der Waals surface area contributed by atoms with Gasteiger partial charge in [0.25, 0.3) is 0 Å². The van der Waals surface area contributed by atoms with Crippen molar-refractivity contribution in [2.24, 2.45) is 0 Å². The van der Waals surface area contributed by atoms with E-state index in [2.05, 4.69) is 0 Å². The van der Waals surface area contributed by atoms with Crippen LogP contribution in [-0.4, -0.2) is 74.3 Å². The van der Waals surface area contributed by atoms with Gasteiger partial charge in [0.1, 0.15) is 24.4 Å². The summed E-state index contributed by atoms with van der Waals surface area (Å²) in [6.45, 7) is 0.786. The van der Waals surface area contributed by atoms with Gasteiger partial charge >= 0.3 is 5.97 Å². The van der Waals surface area contributed by atoms with E-state index in [0.29, 0.717) is 0 Å². The van der Waals surface area contributed by atoms with Gasteiger partial charge in [0.2, 0.25) is 0 Å². The van der Waals surface area contributed by atoms with Gasteiger partial charge in [-0.05, 0) is 16.7 Å². The van der Waals surface area contributed by atoms with Crippen molar-refractivity contribution in [1.29, 1.82) is 0 Å². The lowest BCUT2D eigenvalue weighted by Crippen LogP contribution is -2.72. The Labute approximate surface area is 239 Å². The average Bonchev–Trinajstić information content (AvgIpc) is 3.41. The topological polar surface area (TPSA) is 102 Å². The molecule has 7 atom stereocenters. The van der Waals surface area contributed by atoms with Crippen molar-refractivity contribution >= 4 is 5.97 Å². The number of aliphatic hydroxyl groups is 1. The molecule has 3 aromatic rings. The first-order chi connectivity index (χ1) is 20.1. The molecule has 0 radical (unpaired) electrons. The Hall–Kier alpha value is -3.15. The highest BCUT2D eigenvalue weighted by Gasteiger charge is 2.68. The van der Waals surface area contributed by atoms with Gasteiger partial charge in [0.15, 0.2) is 18.0 Å². The molecular weight excluding hydrogens is 528 g/mol. The third-order valence-corrected chi connectivity index (χ3v) is 7.54. The maximum atomic E-state index is 12.6. The molecule has 2 heterocycles. The zero-order chi connectivity index (χ0) is 28.7. The Morgan fingerprint density at radius 2 is 1.39 bits per heavy atom. The molecule has 0 aliphatic carbocycles. The molecule has 218 valence electrons. The van der Waals surface area contributed by atoms with Crippen LogP contribution in [0.15, 0.2) is 91.0 Å². The number of rotatable bonds is 12. The van der Waals surface area contributed by atoms with E-state index in [0.717, 1.165) is 16.7 Å². The molecule has 0 unspecified atom stereocenters. The molecule has 5 rings (SSSR count). The number of fused-ring (bicyclic) bond motifs is 1. The molecule has 2 aliphatic heterocycles. The van der Waals surface area contributed by atoms with Crippen molar-refractivity contribution in [2.45, 2.75) is 62.2 Å². The summed E-state index contributed by atoms with van der Waals surface area (Å²) in [4.78, 5) is 12.6. The second-order valence-corrected chi connectivity index (χ2v) is 10.1. The monoisotopic (exact) mass is 564 g/mol. The molecule has 0 spiro atoms. The number of methoxy groups -OCH3 is 2. The SMILES string of the molecule is COC(=O)[C@@H](O)[C@H]1O[C@H](OC)[C@@H]2OC[C@H](OCc3ccccc3)[C@]2(OCc2ccccc2)[C@@H]1OCc1ccccc1. The summed E-state index contributed by atoms with van der Waals surface area (Å²) < 4.78 is 42.9. The summed E-state index contributed by atoms with van der Waals surface area (Å²) in [6.07, 6.45) is -6.36. The number of hydrogen-bond donors (Lipinski definition) is 1. The third-order valence-electron chi connectivity index (χ3n) is 7.54. The van der Waals surface area contributed by atoms with Crippen LogP contribution in [0.2, 0.25) is 0 Å². The van der Waals surface area contributed by atoms with Gasteiger partial charge in [-0.15, -0.1) is 0 Å². The number of aliphatic hydroxyl groups excluding tert-OH is 1. The summed E-state index contributed by atoms with van der Waals surface area (Å²) in [7, 11) is 2.68. The number of carbonyl (C=O) groups is 1. The van der Waals surface area contributed by atoms with E-state index in [1.54, 1.807) is 0 Å². The van der Waals surface area contributed by atoms with E-state index in [1.165, 1.54) is 14.2 Å². The smallest absolute Gasteiger partial charge is 0.337 e. The van der Waals surface area contributed by atoms with Crippen LogP contribution in [0.25, 0.3) is 0 Å². The highest BCUT2D eigenvalue weighted by atomic mass is 16.7. The third kappa shape index (κ3) is 6.37. The highest BCUT2D eigenvalue weighted by Crippen LogP contribution is 2.46. The zero-order valence-electron chi connectivity index (χ0n) is 23.2. The maximum Gasteiger partial charge on any atom is 0.337 e. The minimum atomic E-state index is -1.69. The molecule has 2 fully saturated rings. The van der Waals surface area contributed by atoms with Crippen LogP contribution in [0, 0.1) is 0 Å². The largest absolute Gasteiger partial charge is 0.467 e. The predicted molar refractivity (Wildman–Crippen MR) is 147 cm³/mol. The van der Waals surface area contributed by atoms with E-state index in [1.807, 2.05) is 91.0 Å². The van der Waals surface area contributed by atoms with Crippen molar-refractivity contribution in [2.75, 3.05) is 20.8 Å². The van der Waals surface area contributed by atoms with Gasteiger partial charge < -0.3 is 38.3 Å². The minimum absolute atomic E-state index is 0.155. The standard InChI is InChI=1S/C32H36O9/c1-35-30(34)26(33)27-28(38-19-23-14-8-4-9-15-23)32(40-20-24-16-10-5-11-17-24)25(21-39-29(32)31(36-2)41-27)37-18-22-12-6-3-7-13-22/h3-17,25-29,31,33H,18-21H2,1-2H3/t25-,26-,27+,28+,29-,31-,32-/m0/s1. The highest BCUT2D eigenvalue weighted by molar-refractivity contribution is 5.75. The quantitative estimate of drug-likeness (QED) is 0.332. The summed E-state index contributed by atoms with van der Waals surface area (Å²) in [5, 5.41) is 11.2. The molecule has 0 bridgehead atoms. The van der Waals surface area contributed by atoms with Crippen LogP contribution >= 0.6 is 0 Å². The van der Waals surface area contributed by atoms with Gasteiger partial charge in [-0.2, -0.15) is 0 Å². The van der Waals surface area contributed by atoms with Crippen LogP contribution in [0.4, 0.5) is 0 Å². The molecule has 1 N–H and O–H groups in total. The van der Waals surface area contributed by atoms with Crippen LogP contribution in [0.3, 0.4) is 0 Å². The van der Waals surface area contributed by atoms with Gasteiger partial charge in [0, 0.05) is 7.11 Å². The number of carbonyl (C=O) groups excluding carboxylic acids is 1. The normalized spacial score (nSPS) is 28.1. The average molecular weight is 565 g/mol. The van der Waals surface area contributed by atoms with Gasteiger partial charge in [0.05, 0.1) is 33.5 Å². The van der Waals surface area contributed by atoms with E-state index in [9.17, 15) is 9.90 Å². The first-order valence-electron chi connectivity index (χ1n) is 13.6. The Morgan fingerprint density at radius 3 is 1.93 bits per heavy atom. The van der Waals surface area contributed by atoms with E-state index >= 15 is 0 Å². The molecule has 0 saturated carbocycles. The molecule has 9 heteroatoms. The first kappa shape index (κ1) is 29.3. The minimum Gasteiger partial charge on any atom is -0.467 e. The van der Waals surface area contributed by atoms with Crippen LogP contribution < -0.4 is 0 Å². The molecular formula is C32H36O9. The molecule has 41 heavy (non-hydrogen) atoms. The lowest BCUT2D eigenvalue weighted by Gasteiger charge is -2.52. The Morgan fingerprint density at radius 1 is 0.854 bits per heavy atom. The fourth-order valence-electron chi connectivity index (χ4n) is 5.47. The molecule has 2 saturated heterocycles. The molecule has 9 nitrogen and oxygen atoms in total. The van der Waals surface area contributed by atoms with Crippen molar-refractivity contribution in [3.8, 4) is 0 Å². The second kappa shape index (κ2) is 13.7. The van der Waals surface area contributed by atoms with Crippen molar-refractivity contribution in [1.82, 2.24) is 0 Å². The van der Waals surface area contributed by atoms with E-state index < -0.39 is 48.4 Å². The lowest BCUT2D eigenvalue weighted by molar-refractivity contribution is -0.349. The summed E-state index contributed by atoms with van der Waals surface area (Å²) in [5.41, 5.74) is 1.44. The van der Waals surface area contributed by atoms with Crippen LogP contribution in [0.1, 0.15) is 16.7 Å². The fraction of sp³-hybridized carbons (Fsp3) is 0.406. The van der Waals surface area contributed by atoms with Crippen molar-refractivity contribution < 1.29 is 43.1 Å². The van der Waals surface area contributed by atoms with Gasteiger partial charge in [-0.3, -0.25) is 0 Å². The van der Waals surface area contributed by atoms with E-state index in [4.69, 9.17) is 33.2 Å².